The normalized spacial score (nSPS) is 12.6. The molecule has 2 amide bonds. The largest absolute Gasteiger partial charge is 0.451 e. The molecule has 2 atom stereocenters. The van der Waals surface area contributed by atoms with Gasteiger partial charge < -0.3 is 15.0 Å². The number of hydrogen-bond donors (Lipinski definition) is 1. The number of esters is 1. The molecule has 0 aliphatic heterocycles. The molecule has 0 fully saturated rings. The Morgan fingerprint density at radius 2 is 1.53 bits per heavy atom. The van der Waals surface area contributed by atoms with Crippen LogP contribution < -0.4 is 5.32 Å². The summed E-state index contributed by atoms with van der Waals surface area (Å²) in [5.74, 6) is -0.536. The third-order valence-electron chi connectivity index (χ3n) is 5.96. The number of pyridine rings is 1. The predicted octanol–water partition coefficient (Wildman–Crippen LogP) is 5.01. The van der Waals surface area contributed by atoms with E-state index >= 15 is 0 Å². The molecule has 1 N–H and O–H groups in total. The van der Waals surface area contributed by atoms with Gasteiger partial charge in [0.2, 0.25) is 0 Å². The van der Waals surface area contributed by atoms with Gasteiger partial charge in [0.05, 0.1) is 0 Å². The van der Waals surface area contributed by atoms with Crippen LogP contribution in [0.1, 0.15) is 43.2 Å². The second kappa shape index (κ2) is 12.5. The SMILES string of the molecule is CC[C@H](C)[C@H](NC(=O)N(C)CCc1ccccn1)C(=O)OC(c1ccccc1)c1ccccc1. The lowest BCUT2D eigenvalue weighted by Gasteiger charge is -2.28. The molecule has 6 heteroatoms. The van der Waals surface area contributed by atoms with E-state index in [9.17, 15) is 9.59 Å². The van der Waals surface area contributed by atoms with E-state index in [1.54, 1.807) is 18.1 Å². The fraction of sp³-hybridized carbons (Fsp3) is 0.321. The zero-order chi connectivity index (χ0) is 24.3. The molecule has 1 aromatic heterocycles. The van der Waals surface area contributed by atoms with Crippen LogP contribution in [-0.4, -0.2) is 41.5 Å². The molecule has 0 spiro atoms. The van der Waals surface area contributed by atoms with E-state index in [1.807, 2.05) is 92.7 Å². The highest BCUT2D eigenvalue weighted by Gasteiger charge is 2.31. The third-order valence-corrected chi connectivity index (χ3v) is 5.96. The molecular formula is C28H33N3O3. The number of carbonyl (C=O) groups excluding carboxylic acids is 2. The Morgan fingerprint density at radius 1 is 0.941 bits per heavy atom. The first-order valence-electron chi connectivity index (χ1n) is 11.7. The van der Waals surface area contributed by atoms with Crippen LogP contribution in [0.2, 0.25) is 0 Å². The molecule has 1 heterocycles. The summed E-state index contributed by atoms with van der Waals surface area (Å²) in [5, 5.41) is 2.90. The highest BCUT2D eigenvalue weighted by atomic mass is 16.5. The van der Waals surface area contributed by atoms with Crippen LogP contribution in [-0.2, 0) is 16.0 Å². The number of nitrogens with zero attached hydrogens (tertiary/aromatic N) is 2. The van der Waals surface area contributed by atoms with Crippen molar-refractivity contribution < 1.29 is 14.3 Å². The summed E-state index contributed by atoms with van der Waals surface area (Å²) in [5.41, 5.74) is 2.67. The number of hydrogen-bond acceptors (Lipinski definition) is 4. The van der Waals surface area contributed by atoms with Crippen molar-refractivity contribution in [1.82, 2.24) is 15.2 Å². The summed E-state index contributed by atoms with van der Waals surface area (Å²) >= 11 is 0. The summed E-state index contributed by atoms with van der Waals surface area (Å²) < 4.78 is 6.04. The van der Waals surface area contributed by atoms with Crippen LogP contribution in [0.4, 0.5) is 4.79 Å². The lowest BCUT2D eigenvalue weighted by atomic mass is 9.98. The quantitative estimate of drug-likeness (QED) is 0.433. The predicted molar refractivity (Wildman–Crippen MR) is 133 cm³/mol. The van der Waals surface area contributed by atoms with E-state index in [0.29, 0.717) is 13.0 Å². The van der Waals surface area contributed by atoms with Crippen LogP contribution in [0.15, 0.2) is 85.1 Å². The van der Waals surface area contributed by atoms with Crippen molar-refractivity contribution in [2.45, 2.75) is 38.8 Å². The number of urea groups is 1. The summed E-state index contributed by atoms with van der Waals surface area (Å²) in [7, 11) is 1.72. The summed E-state index contributed by atoms with van der Waals surface area (Å²) in [4.78, 5) is 32.2. The van der Waals surface area contributed by atoms with E-state index in [1.165, 1.54) is 0 Å². The lowest BCUT2D eigenvalue weighted by Crippen LogP contribution is -2.50. The van der Waals surface area contributed by atoms with Crippen LogP contribution in [0.5, 0.6) is 0 Å². The monoisotopic (exact) mass is 459 g/mol. The molecule has 3 aromatic rings. The first kappa shape index (κ1) is 25.0. The maximum absolute atomic E-state index is 13.4. The van der Waals surface area contributed by atoms with Crippen molar-refractivity contribution >= 4 is 12.0 Å². The summed E-state index contributed by atoms with van der Waals surface area (Å²) in [6.07, 6.45) is 2.53. The van der Waals surface area contributed by atoms with Crippen LogP contribution in [0.25, 0.3) is 0 Å². The van der Waals surface area contributed by atoms with Gasteiger partial charge >= 0.3 is 12.0 Å². The minimum atomic E-state index is -0.760. The van der Waals surface area contributed by atoms with Gasteiger partial charge in [-0.2, -0.15) is 0 Å². The maximum Gasteiger partial charge on any atom is 0.329 e. The topological polar surface area (TPSA) is 71.5 Å². The lowest BCUT2D eigenvalue weighted by molar-refractivity contribution is -0.151. The molecule has 0 saturated heterocycles. The zero-order valence-electron chi connectivity index (χ0n) is 20.1. The zero-order valence-corrected chi connectivity index (χ0v) is 20.1. The average molecular weight is 460 g/mol. The highest BCUT2D eigenvalue weighted by molar-refractivity contribution is 5.84. The number of rotatable bonds is 10. The van der Waals surface area contributed by atoms with Gasteiger partial charge in [-0.3, -0.25) is 4.98 Å². The first-order valence-corrected chi connectivity index (χ1v) is 11.7. The van der Waals surface area contributed by atoms with Gasteiger partial charge in [0.25, 0.3) is 0 Å². The number of carbonyl (C=O) groups is 2. The second-order valence-electron chi connectivity index (χ2n) is 8.44. The van der Waals surface area contributed by atoms with Gasteiger partial charge in [0.1, 0.15) is 6.04 Å². The van der Waals surface area contributed by atoms with E-state index < -0.39 is 18.1 Å². The van der Waals surface area contributed by atoms with Crippen LogP contribution in [0.3, 0.4) is 0 Å². The second-order valence-corrected chi connectivity index (χ2v) is 8.44. The molecule has 6 nitrogen and oxygen atoms in total. The van der Waals surface area contributed by atoms with Crippen molar-refractivity contribution in [3.8, 4) is 0 Å². The smallest absolute Gasteiger partial charge is 0.329 e. The van der Waals surface area contributed by atoms with Crippen molar-refractivity contribution in [2.75, 3.05) is 13.6 Å². The molecule has 0 aliphatic carbocycles. The van der Waals surface area contributed by atoms with Crippen molar-refractivity contribution in [3.05, 3.63) is 102 Å². The fourth-order valence-corrected chi connectivity index (χ4v) is 3.62. The Kier molecular flexibility index (Phi) is 9.21. The molecule has 0 aliphatic rings. The Labute approximate surface area is 202 Å². The van der Waals surface area contributed by atoms with Crippen LogP contribution in [0, 0.1) is 5.92 Å². The van der Waals surface area contributed by atoms with Gasteiger partial charge in [-0.25, -0.2) is 9.59 Å². The molecule has 178 valence electrons. The molecule has 0 bridgehead atoms. The summed E-state index contributed by atoms with van der Waals surface area (Å²) in [6.45, 7) is 4.43. The van der Waals surface area contributed by atoms with Crippen molar-refractivity contribution in [1.29, 1.82) is 0 Å². The molecular weight excluding hydrogens is 426 g/mol. The number of aromatic nitrogens is 1. The van der Waals surface area contributed by atoms with Gasteiger partial charge in [-0.05, 0) is 29.2 Å². The Hall–Kier alpha value is -3.67. The van der Waals surface area contributed by atoms with E-state index in [-0.39, 0.29) is 11.9 Å². The fourth-order valence-electron chi connectivity index (χ4n) is 3.62. The minimum Gasteiger partial charge on any atom is -0.451 e. The van der Waals surface area contributed by atoms with Crippen molar-refractivity contribution in [2.24, 2.45) is 5.92 Å². The number of amides is 2. The summed E-state index contributed by atoms with van der Waals surface area (Å²) in [6, 6.07) is 23.9. The standard InChI is InChI=1S/C28H33N3O3/c1-4-21(2)25(30-28(33)31(3)20-18-24-17-11-12-19-29-24)27(32)34-26(22-13-7-5-8-14-22)23-15-9-6-10-16-23/h5-17,19,21,25-26H,4,18,20H2,1-3H3,(H,30,33)/t21-,25-/m0/s1. The number of likely N-dealkylation sites (N-methyl/N-ethyl adjacent to an activating group) is 1. The molecule has 3 rings (SSSR count). The Balaban J connectivity index is 1.71. The average Bonchev–Trinajstić information content (AvgIpc) is 2.89. The van der Waals surface area contributed by atoms with Gasteiger partial charge in [0, 0.05) is 31.9 Å². The van der Waals surface area contributed by atoms with Gasteiger partial charge in [-0.15, -0.1) is 0 Å². The Morgan fingerprint density at radius 3 is 2.06 bits per heavy atom. The van der Waals surface area contributed by atoms with E-state index in [2.05, 4.69) is 10.3 Å². The van der Waals surface area contributed by atoms with Crippen molar-refractivity contribution in [3.63, 3.8) is 0 Å². The van der Waals surface area contributed by atoms with E-state index in [0.717, 1.165) is 23.2 Å². The molecule has 2 aromatic carbocycles. The van der Waals surface area contributed by atoms with E-state index in [4.69, 9.17) is 4.74 Å². The third kappa shape index (κ3) is 6.91. The number of ether oxygens (including phenoxy) is 1. The molecule has 0 unspecified atom stereocenters. The molecule has 0 saturated carbocycles. The molecule has 34 heavy (non-hydrogen) atoms. The van der Waals surface area contributed by atoms with Gasteiger partial charge in [0.15, 0.2) is 6.10 Å². The number of nitrogens with one attached hydrogen (secondary N) is 1. The first-order chi connectivity index (χ1) is 16.5. The number of benzene rings is 2. The molecule has 0 radical (unpaired) electrons. The highest BCUT2D eigenvalue weighted by Crippen LogP contribution is 2.27. The van der Waals surface area contributed by atoms with Gasteiger partial charge in [-0.1, -0.05) is 87.0 Å². The maximum atomic E-state index is 13.4. The van der Waals surface area contributed by atoms with Crippen LogP contribution >= 0.6 is 0 Å². The minimum absolute atomic E-state index is 0.0900. The Bertz CT molecular complexity index is 989.